The van der Waals surface area contributed by atoms with Gasteiger partial charge in [-0.15, -0.1) is 0 Å². The van der Waals surface area contributed by atoms with Gasteiger partial charge in [-0.3, -0.25) is 9.79 Å². The molecule has 172 valence electrons. The Morgan fingerprint density at radius 2 is 1.94 bits per heavy atom. The predicted octanol–water partition coefficient (Wildman–Crippen LogP) is 3.67. The summed E-state index contributed by atoms with van der Waals surface area (Å²) >= 11 is 6.39. The van der Waals surface area contributed by atoms with Gasteiger partial charge in [-0.05, 0) is 57.7 Å². The highest BCUT2D eigenvalue weighted by atomic mass is 35.5. The van der Waals surface area contributed by atoms with Crippen molar-refractivity contribution < 1.29 is 9.32 Å². The molecule has 0 aromatic carbocycles. The minimum Gasteiger partial charge on any atom is -0.397 e. The zero-order valence-electron chi connectivity index (χ0n) is 19.5. The Morgan fingerprint density at radius 1 is 1.29 bits per heavy atom. The highest BCUT2D eigenvalue weighted by molar-refractivity contribution is 6.70. The first-order valence-electron chi connectivity index (χ1n) is 11.1. The van der Waals surface area contributed by atoms with Crippen molar-refractivity contribution in [2.75, 3.05) is 39.8 Å². The number of rotatable bonds is 6. The van der Waals surface area contributed by atoms with Crippen molar-refractivity contribution in [3.63, 3.8) is 0 Å². The number of piperidine rings is 1. The van der Waals surface area contributed by atoms with E-state index in [0.29, 0.717) is 46.4 Å². The molecule has 2 aliphatic rings. The van der Waals surface area contributed by atoms with E-state index >= 15 is 0 Å². The van der Waals surface area contributed by atoms with Crippen molar-refractivity contribution >= 4 is 28.4 Å². The maximum Gasteiger partial charge on any atom is 0.229 e. The molecule has 0 atom stereocenters. The quantitative estimate of drug-likeness (QED) is 0.669. The number of nitrogens with two attached hydrogens (primary N) is 1. The Hall–Kier alpha value is -1.86. The van der Waals surface area contributed by atoms with Gasteiger partial charge in [0.15, 0.2) is 0 Å². The summed E-state index contributed by atoms with van der Waals surface area (Å²) in [6.07, 6.45) is 3.89. The third-order valence-electron chi connectivity index (χ3n) is 6.62. The van der Waals surface area contributed by atoms with Crippen molar-refractivity contribution in [3.8, 4) is 0 Å². The van der Waals surface area contributed by atoms with Gasteiger partial charge < -0.3 is 20.1 Å². The van der Waals surface area contributed by atoms with E-state index < -0.39 is 0 Å². The zero-order valence-corrected chi connectivity index (χ0v) is 20.3. The van der Waals surface area contributed by atoms with Crippen LogP contribution in [0.15, 0.2) is 21.2 Å². The van der Waals surface area contributed by atoms with Crippen LogP contribution in [0.5, 0.6) is 0 Å². The van der Waals surface area contributed by atoms with Gasteiger partial charge in [-0.1, -0.05) is 37.5 Å². The smallest absolute Gasteiger partial charge is 0.229 e. The largest absolute Gasteiger partial charge is 0.397 e. The number of hydrogen-bond donors (Lipinski definition) is 1. The SMILES string of the molecule is CN=C(Cl)/C(CN1CCC2(CCN(CCC(C)(C)C)CC2)C1=O)=C(\N)c1cc(C)on1. The fourth-order valence-electron chi connectivity index (χ4n) is 4.44. The maximum absolute atomic E-state index is 13.4. The normalized spacial score (nSPS) is 21.2. The fraction of sp³-hybridized carbons (Fsp3) is 0.696. The van der Waals surface area contributed by atoms with E-state index in [-0.39, 0.29) is 11.3 Å². The number of carbonyl (C=O) groups excluding carboxylic acids is 1. The van der Waals surface area contributed by atoms with Crippen LogP contribution in [0.4, 0.5) is 0 Å². The molecule has 8 heteroatoms. The van der Waals surface area contributed by atoms with Crippen molar-refractivity contribution in [3.05, 3.63) is 23.1 Å². The number of carbonyl (C=O) groups is 1. The van der Waals surface area contributed by atoms with Crippen molar-refractivity contribution in [2.24, 2.45) is 21.6 Å². The second kappa shape index (κ2) is 9.33. The van der Waals surface area contributed by atoms with E-state index in [1.807, 2.05) is 4.90 Å². The van der Waals surface area contributed by atoms with Crippen LogP contribution in [-0.2, 0) is 4.79 Å². The van der Waals surface area contributed by atoms with Gasteiger partial charge in [-0.25, -0.2) is 0 Å². The first kappa shape index (κ1) is 23.8. The number of amides is 1. The van der Waals surface area contributed by atoms with Crippen LogP contribution in [0, 0.1) is 17.8 Å². The van der Waals surface area contributed by atoms with E-state index in [4.69, 9.17) is 21.9 Å². The molecule has 3 heterocycles. The number of likely N-dealkylation sites (tertiary alicyclic amines) is 2. The average molecular weight is 450 g/mol. The van der Waals surface area contributed by atoms with Gasteiger partial charge in [0.2, 0.25) is 5.91 Å². The molecule has 0 aliphatic carbocycles. The molecular weight excluding hydrogens is 414 g/mol. The van der Waals surface area contributed by atoms with Crippen LogP contribution in [0.3, 0.4) is 0 Å². The molecule has 3 rings (SSSR count). The molecule has 1 aromatic heterocycles. The van der Waals surface area contributed by atoms with Crippen molar-refractivity contribution in [1.29, 1.82) is 0 Å². The maximum atomic E-state index is 13.4. The lowest BCUT2D eigenvalue weighted by molar-refractivity contribution is -0.138. The lowest BCUT2D eigenvalue weighted by Crippen LogP contribution is -2.45. The standard InChI is InChI=1S/C23H36ClN5O2/c1-16-14-18(27-31-16)19(25)17(20(24)26-5)15-29-13-9-23(21(29)30)7-11-28(12-8-23)10-6-22(2,3)4/h14H,6-13,15,25H2,1-5H3/b19-17-,26-20?. The number of halogens is 1. The van der Waals surface area contributed by atoms with Gasteiger partial charge in [0.1, 0.15) is 16.6 Å². The molecule has 31 heavy (non-hydrogen) atoms. The molecule has 0 bridgehead atoms. The number of aromatic nitrogens is 1. The predicted molar refractivity (Wildman–Crippen MR) is 125 cm³/mol. The van der Waals surface area contributed by atoms with Crippen LogP contribution in [0.2, 0.25) is 0 Å². The number of aliphatic imine (C=N–C) groups is 1. The number of nitrogens with zero attached hydrogens (tertiary/aromatic N) is 4. The first-order valence-corrected chi connectivity index (χ1v) is 11.5. The van der Waals surface area contributed by atoms with Crippen molar-refractivity contribution in [2.45, 2.75) is 53.4 Å². The lowest BCUT2D eigenvalue weighted by atomic mass is 9.77. The topological polar surface area (TPSA) is 88.0 Å². The molecule has 2 fully saturated rings. The van der Waals surface area contributed by atoms with E-state index in [1.165, 1.54) is 6.42 Å². The highest BCUT2D eigenvalue weighted by Crippen LogP contribution is 2.42. The summed E-state index contributed by atoms with van der Waals surface area (Å²) in [4.78, 5) is 21.9. The molecule has 1 spiro atoms. The van der Waals surface area contributed by atoms with Gasteiger partial charge in [0.25, 0.3) is 0 Å². The van der Waals surface area contributed by atoms with Crippen LogP contribution < -0.4 is 5.73 Å². The summed E-state index contributed by atoms with van der Waals surface area (Å²) in [6.45, 7) is 12.7. The van der Waals surface area contributed by atoms with Gasteiger partial charge in [0.05, 0.1) is 17.7 Å². The van der Waals surface area contributed by atoms with Crippen LogP contribution in [0.1, 0.15) is 57.9 Å². The number of hydrogen-bond acceptors (Lipinski definition) is 6. The summed E-state index contributed by atoms with van der Waals surface area (Å²) in [5, 5.41) is 4.29. The molecule has 1 aromatic rings. The Bertz CT molecular complexity index is 860. The molecule has 1 amide bonds. The van der Waals surface area contributed by atoms with Gasteiger partial charge >= 0.3 is 0 Å². The van der Waals surface area contributed by atoms with Crippen LogP contribution in [0.25, 0.3) is 5.70 Å². The van der Waals surface area contributed by atoms with E-state index in [2.05, 4.69) is 35.8 Å². The van der Waals surface area contributed by atoms with E-state index in [0.717, 1.165) is 38.9 Å². The van der Waals surface area contributed by atoms with E-state index in [1.54, 1.807) is 20.0 Å². The molecule has 0 saturated carbocycles. The first-order chi connectivity index (χ1) is 14.5. The Morgan fingerprint density at radius 3 is 2.48 bits per heavy atom. The monoisotopic (exact) mass is 449 g/mol. The average Bonchev–Trinajstić information content (AvgIpc) is 3.29. The van der Waals surface area contributed by atoms with Crippen LogP contribution >= 0.6 is 11.6 Å². The lowest BCUT2D eigenvalue weighted by Gasteiger charge is -2.38. The molecule has 2 N–H and O–H groups in total. The summed E-state index contributed by atoms with van der Waals surface area (Å²) < 4.78 is 5.15. The number of aryl methyl sites for hydroxylation is 1. The van der Waals surface area contributed by atoms with Crippen LogP contribution in [-0.4, -0.2) is 65.8 Å². The molecule has 2 saturated heterocycles. The summed E-state index contributed by atoms with van der Waals surface area (Å²) in [5.74, 6) is 0.876. The van der Waals surface area contributed by atoms with Gasteiger partial charge in [0, 0.05) is 25.2 Å². The molecular formula is C23H36ClN5O2. The Labute approximate surface area is 190 Å². The third kappa shape index (κ3) is 5.50. The third-order valence-corrected chi connectivity index (χ3v) is 7.01. The Kier molecular flexibility index (Phi) is 7.16. The summed E-state index contributed by atoms with van der Waals surface area (Å²) in [5.41, 5.74) is 7.97. The minimum absolute atomic E-state index is 0.213. The summed E-state index contributed by atoms with van der Waals surface area (Å²) in [6, 6.07) is 1.76. The Balaban J connectivity index is 1.69. The molecule has 7 nitrogen and oxygen atoms in total. The second-order valence-electron chi connectivity index (χ2n) is 10.1. The summed E-state index contributed by atoms with van der Waals surface area (Å²) in [7, 11) is 1.62. The second-order valence-corrected chi connectivity index (χ2v) is 10.5. The van der Waals surface area contributed by atoms with Crippen molar-refractivity contribution in [1.82, 2.24) is 15.0 Å². The molecule has 2 aliphatic heterocycles. The van der Waals surface area contributed by atoms with Gasteiger partial charge in [-0.2, -0.15) is 0 Å². The zero-order chi connectivity index (χ0) is 22.8. The minimum atomic E-state index is -0.252. The fourth-order valence-corrected chi connectivity index (χ4v) is 4.60. The molecule has 0 radical (unpaired) electrons. The van der Waals surface area contributed by atoms with E-state index in [9.17, 15) is 4.79 Å². The molecule has 0 unspecified atom stereocenters. The highest BCUT2D eigenvalue weighted by Gasteiger charge is 2.48.